The van der Waals surface area contributed by atoms with Crippen molar-refractivity contribution in [1.82, 2.24) is 0 Å². The second kappa shape index (κ2) is 3.57. The van der Waals surface area contributed by atoms with E-state index in [1.165, 1.54) is 25.3 Å². The molecule has 72 valence electrons. The molecule has 0 radical (unpaired) electrons. The smallest absolute Gasteiger partial charge is 0.241 e. The zero-order valence-corrected chi connectivity index (χ0v) is 8.60. The highest BCUT2D eigenvalue weighted by molar-refractivity contribution is 7.89. The molecule has 0 heterocycles. The van der Waals surface area contributed by atoms with Crippen molar-refractivity contribution in [1.29, 1.82) is 0 Å². The van der Waals surface area contributed by atoms with E-state index in [0.29, 0.717) is 4.90 Å². The van der Waals surface area contributed by atoms with Crippen molar-refractivity contribution in [3.8, 4) is 5.75 Å². The highest BCUT2D eigenvalue weighted by Gasteiger charge is 2.14. The summed E-state index contributed by atoms with van der Waals surface area (Å²) in [4.78, 5) is 0.581. The van der Waals surface area contributed by atoms with Crippen LogP contribution in [0.2, 0.25) is 0 Å². The van der Waals surface area contributed by atoms with Crippen LogP contribution in [0.5, 0.6) is 5.75 Å². The molecule has 0 spiro atoms. The van der Waals surface area contributed by atoms with Gasteiger partial charge in [0.2, 0.25) is 10.0 Å². The summed E-state index contributed by atoms with van der Waals surface area (Å²) in [5.74, 6) is 0.204. The molecule has 0 aliphatic rings. The van der Waals surface area contributed by atoms with Gasteiger partial charge in [-0.1, -0.05) is 0 Å². The Morgan fingerprint density at radius 1 is 1.46 bits per heavy atom. The maximum Gasteiger partial charge on any atom is 0.241 e. The Hall–Kier alpha value is -0.720. The Kier molecular flexibility index (Phi) is 2.84. The average molecular weight is 219 g/mol. The number of hydrogen-bond acceptors (Lipinski definition) is 4. The standard InChI is InChI=1S/C7H9NO3S2/c1-11-6-4-5(12)2-3-7(6)13(8,9)10/h2-4,12H,1H3,(H2,8,9,10). The largest absolute Gasteiger partial charge is 0.495 e. The zero-order chi connectivity index (χ0) is 10.1. The van der Waals surface area contributed by atoms with Crippen LogP contribution in [-0.4, -0.2) is 15.5 Å². The predicted octanol–water partition coefficient (Wildman–Crippen LogP) is 0.631. The lowest BCUT2D eigenvalue weighted by Gasteiger charge is -2.06. The van der Waals surface area contributed by atoms with Gasteiger partial charge in [0, 0.05) is 4.90 Å². The molecule has 0 aromatic heterocycles. The Bertz CT molecular complexity index is 414. The fraction of sp³-hybridized carbons (Fsp3) is 0.143. The molecular formula is C7H9NO3S2. The van der Waals surface area contributed by atoms with Crippen LogP contribution >= 0.6 is 12.6 Å². The van der Waals surface area contributed by atoms with Gasteiger partial charge in [0.15, 0.2) is 0 Å². The van der Waals surface area contributed by atoms with E-state index in [-0.39, 0.29) is 10.6 Å². The normalized spacial score (nSPS) is 11.3. The molecule has 0 fully saturated rings. The quantitative estimate of drug-likeness (QED) is 0.717. The van der Waals surface area contributed by atoms with Gasteiger partial charge < -0.3 is 4.74 Å². The molecular weight excluding hydrogens is 210 g/mol. The molecule has 1 aromatic rings. The van der Waals surface area contributed by atoms with E-state index in [1.54, 1.807) is 0 Å². The number of hydrogen-bond donors (Lipinski definition) is 2. The summed E-state index contributed by atoms with van der Waals surface area (Å²) < 4.78 is 26.8. The third-order valence-electron chi connectivity index (χ3n) is 1.45. The zero-order valence-electron chi connectivity index (χ0n) is 6.89. The first-order valence-electron chi connectivity index (χ1n) is 3.35. The second-order valence-corrected chi connectivity index (χ2v) is 4.43. The highest BCUT2D eigenvalue weighted by Crippen LogP contribution is 2.24. The van der Waals surface area contributed by atoms with Gasteiger partial charge in [-0.3, -0.25) is 0 Å². The summed E-state index contributed by atoms with van der Waals surface area (Å²) in [5, 5.41) is 4.95. The summed E-state index contributed by atoms with van der Waals surface area (Å²) in [6.45, 7) is 0. The third kappa shape index (κ3) is 2.36. The predicted molar refractivity (Wildman–Crippen MR) is 51.6 cm³/mol. The van der Waals surface area contributed by atoms with Crippen LogP contribution in [0.15, 0.2) is 28.0 Å². The monoisotopic (exact) mass is 219 g/mol. The molecule has 0 aliphatic carbocycles. The molecule has 2 N–H and O–H groups in total. The first-order chi connectivity index (χ1) is 5.95. The number of nitrogens with two attached hydrogens (primary N) is 1. The van der Waals surface area contributed by atoms with Crippen molar-refractivity contribution in [2.24, 2.45) is 5.14 Å². The first-order valence-corrected chi connectivity index (χ1v) is 5.34. The SMILES string of the molecule is COc1cc(S)ccc1S(N)(=O)=O. The fourth-order valence-corrected chi connectivity index (χ4v) is 1.76. The average Bonchev–Trinajstić information content (AvgIpc) is 2.01. The molecule has 4 nitrogen and oxygen atoms in total. The Morgan fingerprint density at radius 2 is 2.08 bits per heavy atom. The number of thiol groups is 1. The molecule has 13 heavy (non-hydrogen) atoms. The number of primary sulfonamides is 1. The van der Waals surface area contributed by atoms with Gasteiger partial charge in [-0.25, -0.2) is 13.6 Å². The molecule has 0 saturated heterocycles. The Labute approximate surface area is 82.2 Å². The number of methoxy groups -OCH3 is 1. The highest BCUT2D eigenvalue weighted by atomic mass is 32.2. The van der Waals surface area contributed by atoms with E-state index < -0.39 is 10.0 Å². The molecule has 6 heteroatoms. The summed E-state index contributed by atoms with van der Waals surface area (Å²) in [5.41, 5.74) is 0. The molecule has 0 atom stereocenters. The minimum atomic E-state index is -3.72. The molecule has 0 bridgehead atoms. The minimum absolute atomic E-state index is 0.0344. The van der Waals surface area contributed by atoms with Gasteiger partial charge >= 0.3 is 0 Å². The van der Waals surface area contributed by atoms with Crippen LogP contribution in [0.1, 0.15) is 0 Å². The maximum absolute atomic E-state index is 11.0. The first kappa shape index (κ1) is 10.4. The van der Waals surface area contributed by atoms with Gasteiger partial charge in [-0.15, -0.1) is 12.6 Å². The summed E-state index contributed by atoms with van der Waals surface area (Å²) in [7, 11) is -2.35. The van der Waals surface area contributed by atoms with E-state index in [2.05, 4.69) is 12.6 Å². The second-order valence-electron chi connectivity index (χ2n) is 2.38. The van der Waals surface area contributed by atoms with E-state index in [4.69, 9.17) is 9.88 Å². The lowest BCUT2D eigenvalue weighted by molar-refractivity contribution is 0.401. The number of sulfonamides is 1. The lowest BCUT2D eigenvalue weighted by Crippen LogP contribution is -2.13. The van der Waals surface area contributed by atoms with Crippen molar-refractivity contribution in [3.05, 3.63) is 18.2 Å². The number of ether oxygens (including phenoxy) is 1. The van der Waals surface area contributed by atoms with Crippen LogP contribution in [-0.2, 0) is 10.0 Å². The van der Waals surface area contributed by atoms with Crippen LogP contribution in [0, 0.1) is 0 Å². The topological polar surface area (TPSA) is 69.4 Å². The van der Waals surface area contributed by atoms with Crippen LogP contribution in [0.4, 0.5) is 0 Å². The molecule has 0 aliphatic heterocycles. The fourth-order valence-electron chi connectivity index (χ4n) is 0.891. The minimum Gasteiger partial charge on any atom is -0.495 e. The van der Waals surface area contributed by atoms with E-state index in [0.717, 1.165) is 0 Å². The van der Waals surface area contributed by atoms with Crippen molar-refractivity contribution in [2.45, 2.75) is 9.79 Å². The lowest BCUT2D eigenvalue weighted by atomic mass is 10.3. The Balaban J connectivity index is 3.39. The van der Waals surface area contributed by atoms with Crippen LogP contribution < -0.4 is 9.88 Å². The molecule has 1 aromatic carbocycles. The molecule has 1 rings (SSSR count). The van der Waals surface area contributed by atoms with Gasteiger partial charge in [-0.2, -0.15) is 0 Å². The van der Waals surface area contributed by atoms with Crippen molar-refractivity contribution >= 4 is 22.7 Å². The van der Waals surface area contributed by atoms with Gasteiger partial charge in [0.05, 0.1) is 7.11 Å². The van der Waals surface area contributed by atoms with Crippen molar-refractivity contribution in [2.75, 3.05) is 7.11 Å². The van der Waals surface area contributed by atoms with Crippen molar-refractivity contribution < 1.29 is 13.2 Å². The summed E-state index contributed by atoms with van der Waals surface area (Å²) in [6, 6.07) is 4.38. The van der Waals surface area contributed by atoms with E-state index in [1.807, 2.05) is 0 Å². The maximum atomic E-state index is 11.0. The molecule has 0 saturated carbocycles. The van der Waals surface area contributed by atoms with Gasteiger partial charge in [0.1, 0.15) is 10.6 Å². The third-order valence-corrected chi connectivity index (χ3v) is 2.68. The number of rotatable bonds is 2. The van der Waals surface area contributed by atoms with Gasteiger partial charge in [0.25, 0.3) is 0 Å². The van der Waals surface area contributed by atoms with Crippen molar-refractivity contribution in [3.63, 3.8) is 0 Å². The van der Waals surface area contributed by atoms with Crippen LogP contribution in [0.3, 0.4) is 0 Å². The molecule has 0 amide bonds. The van der Waals surface area contributed by atoms with Gasteiger partial charge in [-0.05, 0) is 18.2 Å². The Morgan fingerprint density at radius 3 is 2.54 bits per heavy atom. The van der Waals surface area contributed by atoms with E-state index in [9.17, 15) is 8.42 Å². The summed E-state index contributed by atoms with van der Waals surface area (Å²) in [6.07, 6.45) is 0. The molecule has 0 unspecified atom stereocenters. The van der Waals surface area contributed by atoms with E-state index >= 15 is 0 Å². The summed E-state index contributed by atoms with van der Waals surface area (Å²) >= 11 is 4.04. The van der Waals surface area contributed by atoms with Crippen LogP contribution in [0.25, 0.3) is 0 Å². The number of benzene rings is 1.